The Kier molecular flexibility index (Phi) is 13.9. The van der Waals surface area contributed by atoms with Crippen LogP contribution in [0.15, 0.2) is 114 Å². The van der Waals surface area contributed by atoms with Crippen molar-refractivity contribution in [1.82, 2.24) is 0 Å². The van der Waals surface area contributed by atoms with E-state index in [1.807, 2.05) is 48.5 Å². The molecule has 2 saturated carbocycles. The second-order valence-corrected chi connectivity index (χ2v) is 16.7. The molecule has 3 aliphatic rings. The third-order valence-electron chi connectivity index (χ3n) is 8.60. The molecule has 47 heavy (non-hydrogen) atoms. The van der Waals surface area contributed by atoms with E-state index in [2.05, 4.69) is 151 Å². The summed E-state index contributed by atoms with van der Waals surface area (Å²) < 4.78 is 0. The van der Waals surface area contributed by atoms with Crippen molar-refractivity contribution >= 4 is 26.1 Å². The first kappa shape index (κ1) is 37.1. The maximum Gasteiger partial charge on any atom is 4.00 e. The zero-order valence-electron chi connectivity index (χ0n) is 28.2. The zero-order valence-corrected chi connectivity index (χ0v) is 31.7. The normalized spacial score (nSPS) is 16.9. The van der Waals surface area contributed by atoms with Gasteiger partial charge in [-0.1, -0.05) is 143 Å². The van der Waals surface area contributed by atoms with E-state index in [-0.39, 0.29) is 26.2 Å². The van der Waals surface area contributed by atoms with E-state index in [1.54, 1.807) is 5.54 Å². The summed E-state index contributed by atoms with van der Waals surface area (Å²) in [7, 11) is -1.65. The van der Waals surface area contributed by atoms with E-state index >= 15 is 0 Å². The van der Waals surface area contributed by atoms with Crippen LogP contribution in [0.5, 0.6) is 0 Å². The van der Waals surface area contributed by atoms with Crippen molar-refractivity contribution in [3.05, 3.63) is 210 Å². The van der Waals surface area contributed by atoms with Crippen LogP contribution in [0.4, 0.5) is 5.69 Å². The third-order valence-corrected chi connectivity index (χ3v) is 12.3. The van der Waals surface area contributed by atoms with E-state index in [4.69, 9.17) is 0 Å². The van der Waals surface area contributed by atoms with E-state index in [9.17, 15) is 0 Å². The molecule has 4 aromatic rings. The topological polar surface area (TPSA) is 12.4 Å². The molecule has 0 aromatic heterocycles. The Labute approximate surface area is 306 Å². The molecule has 0 N–H and O–H groups in total. The minimum atomic E-state index is -1.65. The fourth-order valence-corrected chi connectivity index (χ4v) is 9.46. The molecule has 0 amide bonds. The monoisotopic (exact) mass is 703 g/mol. The van der Waals surface area contributed by atoms with Crippen LogP contribution in [0, 0.1) is 81.7 Å². The smallest absolute Gasteiger partial charge is 0.455 e. The van der Waals surface area contributed by atoms with Gasteiger partial charge in [-0.3, -0.25) is 0 Å². The quantitative estimate of drug-likeness (QED) is 0.111. The van der Waals surface area contributed by atoms with Crippen LogP contribution in [0.3, 0.4) is 0 Å². The molecule has 0 aliphatic heterocycles. The Hall–Kier alpha value is -2.74. The first-order chi connectivity index (χ1) is 22.3. The zero-order chi connectivity index (χ0) is 32.5. The van der Waals surface area contributed by atoms with Crippen molar-refractivity contribution in [2.45, 2.75) is 40.3 Å². The Balaban J connectivity index is 0.000000177. The standard InChI is InChI=1S/C21H20Si.C16H16N.C7H7.Zr/c1-15-14-20-18-11-7-4-8-16(18)12-13-19(20)21(15)22(2,3)17-9-5-6-10-17;1-13-7-6-8-14(2)16(13)17-12-11-15-9-4-3-5-10-15;1-7-5-3-2-4-6-7;/h4-14H,1-3H3;3-10H,11H2,1-2H3;2-6H,1H2;/q;2*-1;+4. The van der Waals surface area contributed by atoms with Crippen molar-refractivity contribution in [3.8, 4) is 0 Å². The minimum absolute atomic E-state index is 0. The first-order valence-electron chi connectivity index (χ1n) is 16.0. The molecular weight excluding hydrogens is 662 g/mol. The summed E-state index contributed by atoms with van der Waals surface area (Å²) in [6.07, 6.45) is 19.8. The largest absolute Gasteiger partial charge is 4.00 e. The maximum atomic E-state index is 4.45. The molecule has 0 heterocycles. The number of para-hydroxylation sites is 1. The molecule has 10 radical (unpaired) electrons. The fraction of sp³-hybridized carbons (Fsp3) is 0.136. The summed E-state index contributed by atoms with van der Waals surface area (Å²) in [5.74, 6) is 4.32. The van der Waals surface area contributed by atoms with Crippen molar-refractivity contribution in [1.29, 1.82) is 0 Å². The summed E-state index contributed by atoms with van der Waals surface area (Å²) in [4.78, 5) is 4.45. The van der Waals surface area contributed by atoms with Crippen molar-refractivity contribution in [3.63, 3.8) is 0 Å². The van der Waals surface area contributed by atoms with Gasteiger partial charge < -0.3 is 4.99 Å². The van der Waals surface area contributed by atoms with E-state index in [0.717, 1.165) is 17.7 Å². The number of hydrogen-bond acceptors (Lipinski definition) is 1. The van der Waals surface area contributed by atoms with Crippen LogP contribution in [0.1, 0.15) is 40.3 Å². The number of rotatable bonds is 5. The molecule has 1 nitrogen and oxygen atoms in total. The Morgan fingerprint density at radius 3 is 1.89 bits per heavy atom. The molecule has 230 valence electrons. The molecule has 3 heteroatoms. The molecule has 0 atom stereocenters. The molecule has 7 rings (SSSR count). The number of aryl methyl sites for hydroxylation is 2. The van der Waals surface area contributed by atoms with Gasteiger partial charge >= 0.3 is 26.2 Å². The number of allylic oxidation sites excluding steroid dienone is 1. The summed E-state index contributed by atoms with van der Waals surface area (Å²) in [5, 5.41) is 0. The van der Waals surface area contributed by atoms with Crippen LogP contribution in [-0.2, 0) is 32.6 Å². The second-order valence-electron chi connectivity index (χ2n) is 12.4. The predicted molar refractivity (Wildman–Crippen MR) is 200 cm³/mol. The van der Waals surface area contributed by atoms with Crippen LogP contribution in [-0.4, -0.2) is 14.3 Å². The molecule has 0 saturated heterocycles. The third kappa shape index (κ3) is 9.45. The Morgan fingerprint density at radius 1 is 0.681 bits per heavy atom. The van der Waals surface area contributed by atoms with E-state index < -0.39 is 8.07 Å². The molecule has 0 bridgehead atoms. The van der Waals surface area contributed by atoms with Gasteiger partial charge in [0.05, 0.1) is 8.07 Å². The average Bonchev–Trinajstić information content (AvgIpc) is 3.73. The van der Waals surface area contributed by atoms with Gasteiger partial charge in [0.1, 0.15) is 0 Å². The molecule has 4 aromatic carbocycles. The minimum Gasteiger partial charge on any atom is -0.455 e. The Bertz CT molecular complexity index is 1570. The average molecular weight is 705 g/mol. The fourth-order valence-electron chi connectivity index (χ4n) is 6.20. The van der Waals surface area contributed by atoms with Crippen LogP contribution in [0.25, 0.3) is 6.08 Å². The number of hydrogen-bond donors (Lipinski definition) is 0. The number of fused-ring (bicyclic) bond motifs is 3. The van der Waals surface area contributed by atoms with E-state index in [0.29, 0.717) is 0 Å². The number of aliphatic imine (C=N–C) groups is 1. The van der Waals surface area contributed by atoms with E-state index in [1.165, 1.54) is 51.1 Å². The summed E-state index contributed by atoms with van der Waals surface area (Å²) in [5.41, 5.74) is 11.6. The molecule has 3 aliphatic carbocycles. The molecule has 0 spiro atoms. The number of nitrogens with zero attached hydrogens (tertiary/aromatic N) is 1. The van der Waals surface area contributed by atoms with Gasteiger partial charge in [-0.05, 0) is 60.2 Å². The van der Waals surface area contributed by atoms with Crippen molar-refractivity contribution in [2.24, 2.45) is 4.99 Å². The van der Waals surface area contributed by atoms with Gasteiger partial charge in [-0.15, -0.1) is 23.3 Å². The molecule has 0 unspecified atom stereocenters. The van der Waals surface area contributed by atoms with Gasteiger partial charge in [0.15, 0.2) is 0 Å². The van der Waals surface area contributed by atoms with Gasteiger partial charge in [-0.2, -0.15) is 30.8 Å². The Morgan fingerprint density at radius 2 is 1.28 bits per heavy atom. The van der Waals surface area contributed by atoms with Gasteiger partial charge in [0, 0.05) is 11.8 Å². The molecular formula is C44H43NSiZr+2. The summed E-state index contributed by atoms with van der Waals surface area (Å²) >= 11 is 0. The van der Waals surface area contributed by atoms with Crippen molar-refractivity contribution < 1.29 is 26.2 Å². The SMILES string of the molecule is C[C]1[CH][C]2[C](C=Cc3ccccc32)[C]1[Si](C)(C)[C]1[CH][CH][CH][CH]1.Cc1cccc(C)c1N=[C-]Cc1ccccc1.[CH2-]c1ccccc1.[Zr+4]. The molecule has 2 fully saturated rings. The van der Waals surface area contributed by atoms with Gasteiger partial charge in [-0.25, -0.2) is 0 Å². The number of benzene rings is 4. The van der Waals surface area contributed by atoms with Crippen LogP contribution < -0.4 is 0 Å². The van der Waals surface area contributed by atoms with Crippen LogP contribution >= 0.6 is 0 Å². The van der Waals surface area contributed by atoms with Gasteiger partial charge in [0.25, 0.3) is 0 Å². The first-order valence-corrected chi connectivity index (χ1v) is 19.0. The van der Waals surface area contributed by atoms with Gasteiger partial charge in [0.2, 0.25) is 0 Å². The predicted octanol–water partition coefficient (Wildman–Crippen LogP) is 10.8. The summed E-state index contributed by atoms with van der Waals surface area (Å²) in [6.45, 7) is 15.1. The second kappa shape index (κ2) is 17.6. The maximum absolute atomic E-state index is 4.45. The van der Waals surface area contributed by atoms with Crippen LogP contribution in [0.2, 0.25) is 13.1 Å². The van der Waals surface area contributed by atoms with Crippen molar-refractivity contribution in [2.75, 3.05) is 0 Å². The summed E-state index contributed by atoms with van der Waals surface area (Å²) in [6, 6.07) is 35.1.